The van der Waals surface area contributed by atoms with Gasteiger partial charge in [-0.25, -0.2) is 0 Å². The van der Waals surface area contributed by atoms with Gasteiger partial charge >= 0.3 is 0 Å². The van der Waals surface area contributed by atoms with Gasteiger partial charge in [0.2, 0.25) is 0 Å². The monoisotopic (exact) mass is 282 g/mol. The quantitative estimate of drug-likeness (QED) is 0.633. The molecule has 1 aromatic rings. The molecule has 1 aromatic carbocycles. The molecular formula is C19H26N2. The molecule has 1 aliphatic rings. The molecule has 21 heavy (non-hydrogen) atoms. The first kappa shape index (κ1) is 15.4. The highest BCUT2D eigenvalue weighted by Gasteiger charge is 2.35. The molecule has 1 saturated carbocycles. The molecule has 0 amide bonds. The summed E-state index contributed by atoms with van der Waals surface area (Å²) in [6, 6.07) is 8.37. The van der Waals surface area contributed by atoms with Gasteiger partial charge in [-0.15, -0.1) is 0 Å². The molecule has 1 aliphatic carbocycles. The van der Waals surface area contributed by atoms with E-state index in [1.54, 1.807) is 6.08 Å². The Bertz CT molecular complexity index is 543. The average molecular weight is 282 g/mol. The lowest BCUT2D eigenvalue weighted by atomic mass is 9.65. The lowest BCUT2D eigenvalue weighted by Crippen LogP contribution is -2.30. The molecule has 0 radical (unpaired) electrons. The standard InChI is InChI=1S/C19H26N2/c1-3-17(20)10-7-15(2)19(13-5-4-6-14-19)16-8-11-18(21)12-9-16/h3,7-12H,1,4-6,13-14,20-21H2,2H3/b15-7+,17-10+. The topological polar surface area (TPSA) is 52.0 Å². The van der Waals surface area contributed by atoms with Gasteiger partial charge in [-0.3, -0.25) is 0 Å². The summed E-state index contributed by atoms with van der Waals surface area (Å²) in [6.07, 6.45) is 12.1. The van der Waals surface area contributed by atoms with Crippen molar-refractivity contribution < 1.29 is 0 Å². The highest BCUT2D eigenvalue weighted by atomic mass is 14.5. The van der Waals surface area contributed by atoms with Crippen molar-refractivity contribution in [1.82, 2.24) is 0 Å². The molecule has 0 aromatic heterocycles. The van der Waals surface area contributed by atoms with Gasteiger partial charge in [-0.1, -0.05) is 49.6 Å². The first-order valence-electron chi connectivity index (χ1n) is 7.71. The summed E-state index contributed by atoms with van der Waals surface area (Å²) in [5.74, 6) is 0. The molecule has 112 valence electrons. The third-order valence-corrected chi connectivity index (χ3v) is 4.69. The zero-order chi connectivity index (χ0) is 15.3. The Kier molecular flexibility index (Phi) is 4.89. The fourth-order valence-electron chi connectivity index (χ4n) is 3.32. The maximum atomic E-state index is 5.84. The third-order valence-electron chi connectivity index (χ3n) is 4.69. The Morgan fingerprint density at radius 2 is 1.71 bits per heavy atom. The van der Waals surface area contributed by atoms with Crippen LogP contribution in [0.25, 0.3) is 0 Å². The van der Waals surface area contributed by atoms with Gasteiger partial charge in [0.1, 0.15) is 0 Å². The summed E-state index contributed by atoms with van der Waals surface area (Å²) in [4.78, 5) is 0. The predicted molar refractivity (Wildman–Crippen MR) is 91.8 cm³/mol. The van der Waals surface area contributed by atoms with Crippen LogP contribution in [0.4, 0.5) is 5.69 Å². The van der Waals surface area contributed by atoms with Crippen molar-refractivity contribution in [2.24, 2.45) is 5.73 Å². The summed E-state index contributed by atoms with van der Waals surface area (Å²) in [6.45, 7) is 5.92. The first-order valence-corrected chi connectivity index (χ1v) is 7.71. The number of rotatable bonds is 4. The van der Waals surface area contributed by atoms with Crippen molar-refractivity contribution in [2.45, 2.75) is 44.4 Å². The van der Waals surface area contributed by atoms with Crippen LogP contribution in [-0.2, 0) is 5.41 Å². The number of hydrogen-bond acceptors (Lipinski definition) is 2. The Morgan fingerprint density at radius 1 is 1.10 bits per heavy atom. The predicted octanol–water partition coefficient (Wildman–Crippen LogP) is 4.45. The van der Waals surface area contributed by atoms with Gasteiger partial charge in [0.15, 0.2) is 0 Å². The van der Waals surface area contributed by atoms with E-state index in [1.807, 2.05) is 18.2 Å². The number of nitrogen functional groups attached to an aromatic ring is 1. The number of hydrogen-bond donors (Lipinski definition) is 2. The summed E-state index contributed by atoms with van der Waals surface area (Å²) < 4.78 is 0. The minimum Gasteiger partial charge on any atom is -0.399 e. The molecule has 0 bridgehead atoms. The van der Waals surface area contributed by atoms with E-state index in [0.717, 1.165) is 5.69 Å². The van der Waals surface area contributed by atoms with Gasteiger partial charge in [0.05, 0.1) is 0 Å². The van der Waals surface area contributed by atoms with Crippen LogP contribution in [0.3, 0.4) is 0 Å². The fourth-order valence-corrected chi connectivity index (χ4v) is 3.32. The van der Waals surface area contributed by atoms with Crippen LogP contribution in [0.5, 0.6) is 0 Å². The highest BCUT2D eigenvalue weighted by molar-refractivity contribution is 5.45. The fraction of sp³-hybridized carbons (Fsp3) is 0.368. The summed E-state index contributed by atoms with van der Waals surface area (Å²) >= 11 is 0. The van der Waals surface area contributed by atoms with Crippen molar-refractivity contribution in [3.63, 3.8) is 0 Å². The Hall–Kier alpha value is -1.96. The zero-order valence-electron chi connectivity index (χ0n) is 12.9. The SMILES string of the molecule is C=C/C(N)=C\C=C(/C)C1(c2ccc(N)cc2)CCCCC1. The number of benzene rings is 1. The summed E-state index contributed by atoms with van der Waals surface area (Å²) in [5.41, 5.74) is 16.1. The minimum absolute atomic E-state index is 0.129. The molecule has 0 spiro atoms. The molecule has 2 rings (SSSR count). The average Bonchev–Trinajstić information content (AvgIpc) is 2.53. The minimum atomic E-state index is 0.129. The zero-order valence-corrected chi connectivity index (χ0v) is 12.9. The van der Waals surface area contributed by atoms with Crippen molar-refractivity contribution in [1.29, 1.82) is 0 Å². The Morgan fingerprint density at radius 3 is 2.29 bits per heavy atom. The van der Waals surface area contributed by atoms with Gasteiger partial charge in [0, 0.05) is 16.8 Å². The van der Waals surface area contributed by atoms with Crippen LogP contribution in [0, 0.1) is 0 Å². The number of anilines is 1. The molecule has 0 atom stereocenters. The number of allylic oxidation sites excluding steroid dienone is 4. The van der Waals surface area contributed by atoms with Crippen LogP contribution in [0.1, 0.15) is 44.6 Å². The lowest BCUT2D eigenvalue weighted by Gasteiger charge is -2.39. The molecule has 2 heteroatoms. The second-order valence-electron chi connectivity index (χ2n) is 5.99. The van der Waals surface area contributed by atoms with E-state index in [4.69, 9.17) is 11.5 Å². The smallest absolute Gasteiger partial charge is 0.0314 e. The Labute approximate surface area is 128 Å². The lowest BCUT2D eigenvalue weighted by molar-refractivity contribution is 0.339. The molecule has 0 saturated heterocycles. The van der Waals surface area contributed by atoms with Crippen molar-refractivity contribution in [3.05, 3.63) is 65.9 Å². The van der Waals surface area contributed by atoms with Crippen LogP contribution >= 0.6 is 0 Å². The molecule has 0 aliphatic heterocycles. The van der Waals surface area contributed by atoms with Crippen LogP contribution in [0.15, 0.2) is 60.3 Å². The largest absolute Gasteiger partial charge is 0.399 e. The van der Waals surface area contributed by atoms with Crippen LogP contribution < -0.4 is 11.5 Å². The Balaban J connectivity index is 2.41. The van der Waals surface area contributed by atoms with E-state index in [1.165, 1.54) is 43.2 Å². The summed E-state index contributed by atoms with van der Waals surface area (Å²) in [7, 11) is 0. The second kappa shape index (κ2) is 6.66. The van der Waals surface area contributed by atoms with Crippen LogP contribution in [-0.4, -0.2) is 0 Å². The van der Waals surface area contributed by atoms with E-state index in [2.05, 4.69) is 31.7 Å². The van der Waals surface area contributed by atoms with Crippen LogP contribution in [0.2, 0.25) is 0 Å². The highest BCUT2D eigenvalue weighted by Crippen LogP contribution is 2.45. The molecule has 4 N–H and O–H groups in total. The maximum Gasteiger partial charge on any atom is 0.0314 e. The van der Waals surface area contributed by atoms with Crippen molar-refractivity contribution >= 4 is 5.69 Å². The van der Waals surface area contributed by atoms with E-state index in [9.17, 15) is 0 Å². The second-order valence-corrected chi connectivity index (χ2v) is 5.99. The van der Waals surface area contributed by atoms with E-state index >= 15 is 0 Å². The molecule has 2 nitrogen and oxygen atoms in total. The molecule has 0 unspecified atom stereocenters. The maximum absolute atomic E-state index is 5.84. The number of nitrogens with two attached hydrogens (primary N) is 2. The van der Waals surface area contributed by atoms with Gasteiger partial charge < -0.3 is 11.5 Å². The van der Waals surface area contributed by atoms with E-state index < -0.39 is 0 Å². The summed E-state index contributed by atoms with van der Waals surface area (Å²) in [5, 5.41) is 0. The van der Waals surface area contributed by atoms with Gasteiger partial charge in [-0.05, 0) is 49.6 Å². The van der Waals surface area contributed by atoms with E-state index in [0.29, 0.717) is 5.70 Å². The third kappa shape index (κ3) is 3.38. The first-order chi connectivity index (χ1) is 10.1. The van der Waals surface area contributed by atoms with Gasteiger partial charge in [-0.2, -0.15) is 0 Å². The molecule has 1 fully saturated rings. The normalized spacial score (nSPS) is 19.3. The van der Waals surface area contributed by atoms with E-state index in [-0.39, 0.29) is 5.41 Å². The van der Waals surface area contributed by atoms with Gasteiger partial charge in [0.25, 0.3) is 0 Å². The molecule has 0 heterocycles. The van der Waals surface area contributed by atoms with Crippen molar-refractivity contribution in [2.75, 3.05) is 5.73 Å². The van der Waals surface area contributed by atoms with Crippen molar-refractivity contribution in [3.8, 4) is 0 Å². The molecular weight excluding hydrogens is 256 g/mol.